The molecule has 1 fully saturated rings. The monoisotopic (exact) mass is 338 g/mol. The highest BCUT2D eigenvalue weighted by Crippen LogP contribution is 2.29. The summed E-state index contributed by atoms with van der Waals surface area (Å²) in [5.41, 5.74) is 12.0. The van der Waals surface area contributed by atoms with Gasteiger partial charge in [0.1, 0.15) is 5.75 Å². The van der Waals surface area contributed by atoms with Gasteiger partial charge in [0, 0.05) is 18.2 Å². The first-order chi connectivity index (χ1) is 11.0. The third kappa shape index (κ3) is 5.03. The highest BCUT2D eigenvalue weighted by molar-refractivity contribution is 6.32. The maximum absolute atomic E-state index is 11.1. The van der Waals surface area contributed by atoms with Crippen molar-refractivity contribution in [3.8, 4) is 5.75 Å². The molecule has 23 heavy (non-hydrogen) atoms. The van der Waals surface area contributed by atoms with Crippen molar-refractivity contribution in [2.45, 2.75) is 25.7 Å². The van der Waals surface area contributed by atoms with Crippen LogP contribution in [0.3, 0.4) is 0 Å². The standard InChI is InChI=1S/C16H23ClN4O2/c1-23-14-7-6-12(8-13(14)17)21-16(19)20-9-10-2-4-11(5-3-10)15(18)22/h6-8,10-11H,2-5,9H2,1H3,(H2,18,22)(H3,19,20,21). The fourth-order valence-electron chi connectivity index (χ4n) is 2.79. The molecule has 0 aliphatic heterocycles. The van der Waals surface area contributed by atoms with Gasteiger partial charge in [0.15, 0.2) is 5.96 Å². The van der Waals surface area contributed by atoms with E-state index in [0.717, 1.165) is 31.4 Å². The van der Waals surface area contributed by atoms with E-state index in [1.165, 1.54) is 0 Å². The summed E-state index contributed by atoms with van der Waals surface area (Å²) in [6.45, 7) is 0.647. The second kappa shape index (κ2) is 8.06. The maximum atomic E-state index is 11.1. The number of nitrogens with zero attached hydrogens (tertiary/aromatic N) is 1. The molecule has 1 aliphatic rings. The quantitative estimate of drug-likeness (QED) is 0.566. The Bertz CT molecular complexity index is 583. The third-order valence-corrected chi connectivity index (χ3v) is 4.49. The second-order valence-corrected chi connectivity index (χ2v) is 6.23. The zero-order valence-corrected chi connectivity index (χ0v) is 14.0. The van der Waals surface area contributed by atoms with Crippen LogP contribution in [0, 0.1) is 11.8 Å². The zero-order valence-electron chi connectivity index (χ0n) is 13.2. The number of hydrogen-bond acceptors (Lipinski definition) is 3. The van der Waals surface area contributed by atoms with Gasteiger partial charge in [-0.15, -0.1) is 0 Å². The van der Waals surface area contributed by atoms with Crippen LogP contribution in [0.1, 0.15) is 25.7 Å². The summed E-state index contributed by atoms with van der Waals surface area (Å²) >= 11 is 6.07. The van der Waals surface area contributed by atoms with Gasteiger partial charge in [-0.25, -0.2) is 0 Å². The first-order valence-corrected chi connectivity index (χ1v) is 8.07. The fourth-order valence-corrected chi connectivity index (χ4v) is 3.05. The molecule has 2 rings (SSSR count). The minimum Gasteiger partial charge on any atom is -0.495 e. The number of amides is 1. The lowest BCUT2D eigenvalue weighted by Crippen LogP contribution is -2.29. The molecular weight excluding hydrogens is 316 g/mol. The van der Waals surface area contributed by atoms with Crippen LogP contribution < -0.4 is 21.5 Å². The molecule has 1 aliphatic carbocycles. The summed E-state index contributed by atoms with van der Waals surface area (Å²) in [5.74, 6) is 1.24. The Balaban J connectivity index is 1.84. The van der Waals surface area contributed by atoms with Crippen molar-refractivity contribution < 1.29 is 9.53 Å². The molecule has 1 aromatic rings. The molecule has 1 amide bonds. The average molecular weight is 339 g/mol. The minimum absolute atomic E-state index is 0.0205. The van der Waals surface area contributed by atoms with Gasteiger partial charge in [-0.1, -0.05) is 11.6 Å². The number of carbonyl (C=O) groups excluding carboxylic acids is 1. The predicted octanol–water partition coefficient (Wildman–Crippen LogP) is 2.37. The van der Waals surface area contributed by atoms with Crippen LogP contribution in [0.4, 0.5) is 5.69 Å². The van der Waals surface area contributed by atoms with Gasteiger partial charge in [0.2, 0.25) is 5.91 Å². The highest BCUT2D eigenvalue weighted by Gasteiger charge is 2.24. The van der Waals surface area contributed by atoms with E-state index >= 15 is 0 Å². The van der Waals surface area contributed by atoms with Crippen molar-refractivity contribution in [2.24, 2.45) is 28.3 Å². The van der Waals surface area contributed by atoms with E-state index in [2.05, 4.69) is 10.3 Å². The van der Waals surface area contributed by atoms with E-state index in [1.807, 2.05) is 6.07 Å². The molecule has 0 bridgehead atoms. The number of hydrogen-bond donors (Lipinski definition) is 3. The summed E-state index contributed by atoms with van der Waals surface area (Å²) in [7, 11) is 1.57. The molecule has 6 nitrogen and oxygen atoms in total. The predicted molar refractivity (Wildman–Crippen MR) is 92.8 cm³/mol. The Hall–Kier alpha value is -1.95. The maximum Gasteiger partial charge on any atom is 0.220 e. The van der Waals surface area contributed by atoms with Gasteiger partial charge in [-0.3, -0.25) is 9.79 Å². The number of anilines is 1. The molecule has 7 heteroatoms. The molecule has 0 spiro atoms. The number of primary amides is 1. The number of methoxy groups -OCH3 is 1. The number of ether oxygens (including phenoxy) is 1. The number of benzene rings is 1. The van der Waals surface area contributed by atoms with Gasteiger partial charge >= 0.3 is 0 Å². The largest absolute Gasteiger partial charge is 0.495 e. The SMILES string of the molecule is COc1ccc(NC(N)=NCC2CCC(C(N)=O)CC2)cc1Cl. The lowest BCUT2D eigenvalue weighted by atomic mass is 9.82. The summed E-state index contributed by atoms with van der Waals surface area (Å²) in [4.78, 5) is 15.5. The Morgan fingerprint density at radius 1 is 1.35 bits per heavy atom. The number of carbonyl (C=O) groups is 1. The second-order valence-electron chi connectivity index (χ2n) is 5.82. The van der Waals surface area contributed by atoms with E-state index in [-0.39, 0.29) is 11.8 Å². The van der Waals surface area contributed by atoms with Crippen molar-refractivity contribution in [2.75, 3.05) is 19.0 Å². The number of guanidine groups is 1. The Kier molecular flexibility index (Phi) is 6.10. The van der Waals surface area contributed by atoms with Crippen molar-refractivity contribution in [1.29, 1.82) is 0 Å². The first kappa shape index (κ1) is 17.4. The molecule has 0 unspecified atom stereocenters. The average Bonchev–Trinajstić information content (AvgIpc) is 2.53. The van der Waals surface area contributed by atoms with Crippen LogP contribution >= 0.6 is 11.6 Å². The summed E-state index contributed by atoms with van der Waals surface area (Å²) < 4.78 is 5.10. The molecular formula is C16H23ClN4O2. The number of nitrogens with one attached hydrogen (secondary N) is 1. The molecule has 0 radical (unpaired) electrons. The van der Waals surface area contributed by atoms with Gasteiger partial charge in [0.05, 0.1) is 12.1 Å². The van der Waals surface area contributed by atoms with Crippen LogP contribution in [-0.4, -0.2) is 25.5 Å². The Labute approximate surface area is 141 Å². The van der Waals surface area contributed by atoms with Gasteiger partial charge in [-0.05, 0) is 49.8 Å². The van der Waals surface area contributed by atoms with Crippen LogP contribution in [-0.2, 0) is 4.79 Å². The van der Waals surface area contributed by atoms with E-state index in [4.69, 9.17) is 27.8 Å². The van der Waals surface area contributed by atoms with Gasteiger partial charge in [-0.2, -0.15) is 0 Å². The smallest absolute Gasteiger partial charge is 0.220 e. The third-order valence-electron chi connectivity index (χ3n) is 4.19. The number of aliphatic imine (C=N–C) groups is 1. The molecule has 0 heterocycles. The van der Waals surface area contributed by atoms with Crippen molar-refractivity contribution in [3.63, 3.8) is 0 Å². The topological polar surface area (TPSA) is 103 Å². The number of rotatable bonds is 5. The Morgan fingerprint density at radius 3 is 2.61 bits per heavy atom. The highest BCUT2D eigenvalue weighted by atomic mass is 35.5. The summed E-state index contributed by atoms with van der Waals surface area (Å²) in [5, 5.41) is 3.52. The molecule has 126 valence electrons. The zero-order chi connectivity index (χ0) is 16.8. The first-order valence-electron chi connectivity index (χ1n) is 7.69. The van der Waals surface area contributed by atoms with Crippen LogP contribution in [0.2, 0.25) is 5.02 Å². The van der Waals surface area contributed by atoms with E-state index in [9.17, 15) is 4.79 Å². The van der Waals surface area contributed by atoms with Gasteiger partial charge in [0.25, 0.3) is 0 Å². The molecule has 0 saturated heterocycles. The van der Waals surface area contributed by atoms with E-state index < -0.39 is 0 Å². The molecule has 1 saturated carbocycles. The van der Waals surface area contributed by atoms with Crippen molar-refractivity contribution in [3.05, 3.63) is 23.2 Å². The van der Waals surface area contributed by atoms with Crippen LogP contribution in [0.15, 0.2) is 23.2 Å². The van der Waals surface area contributed by atoms with Crippen molar-refractivity contribution in [1.82, 2.24) is 0 Å². The number of halogens is 1. The molecule has 0 atom stereocenters. The van der Waals surface area contributed by atoms with Crippen LogP contribution in [0.5, 0.6) is 5.75 Å². The molecule has 1 aromatic carbocycles. The van der Waals surface area contributed by atoms with Crippen LogP contribution in [0.25, 0.3) is 0 Å². The van der Waals surface area contributed by atoms with Crippen molar-refractivity contribution >= 4 is 29.2 Å². The summed E-state index contributed by atoms with van der Waals surface area (Å²) in [6.07, 6.45) is 3.60. The van der Waals surface area contributed by atoms with E-state index in [1.54, 1.807) is 19.2 Å². The normalized spacial score (nSPS) is 21.7. The minimum atomic E-state index is -0.190. The number of nitrogens with two attached hydrogens (primary N) is 2. The summed E-state index contributed by atoms with van der Waals surface area (Å²) in [6, 6.07) is 5.33. The van der Waals surface area contributed by atoms with E-state index in [0.29, 0.717) is 29.2 Å². The van der Waals surface area contributed by atoms with Gasteiger partial charge < -0.3 is 21.5 Å². The lowest BCUT2D eigenvalue weighted by molar-refractivity contribution is -0.122. The molecule has 0 aromatic heterocycles. The lowest BCUT2D eigenvalue weighted by Gasteiger charge is -2.25. The fraction of sp³-hybridized carbons (Fsp3) is 0.500. The Morgan fingerprint density at radius 2 is 2.04 bits per heavy atom. The molecule has 5 N–H and O–H groups in total.